The van der Waals surface area contributed by atoms with E-state index in [1.54, 1.807) is 12.5 Å². The standard InChI is InChI=1S/C19H20N4OS/c20-19(24)18-8-7-17(25-18)16-2-1-10-22(16)12-14-3-5-15(6-4-14)23-11-9-21-13-23/h3-9,11,13,16H,1-2,10,12H2,(H2,20,24). The Labute approximate surface area is 150 Å². The fourth-order valence-corrected chi connectivity index (χ4v) is 4.45. The Morgan fingerprint density at radius 1 is 1.24 bits per heavy atom. The summed E-state index contributed by atoms with van der Waals surface area (Å²) in [5.41, 5.74) is 7.80. The molecule has 2 aromatic heterocycles. The molecule has 1 aliphatic heterocycles. The van der Waals surface area contributed by atoms with Crippen LogP contribution in [0.4, 0.5) is 0 Å². The van der Waals surface area contributed by atoms with Gasteiger partial charge in [-0.05, 0) is 49.2 Å². The summed E-state index contributed by atoms with van der Waals surface area (Å²) in [5.74, 6) is -0.337. The van der Waals surface area contributed by atoms with Gasteiger partial charge in [-0.1, -0.05) is 12.1 Å². The number of thiophene rings is 1. The van der Waals surface area contributed by atoms with E-state index in [0.29, 0.717) is 10.9 Å². The molecule has 6 heteroatoms. The number of aromatic nitrogens is 2. The first-order valence-corrected chi connectivity index (χ1v) is 9.23. The summed E-state index contributed by atoms with van der Waals surface area (Å²) >= 11 is 1.53. The lowest BCUT2D eigenvalue weighted by molar-refractivity contribution is 0.100. The lowest BCUT2D eigenvalue weighted by Crippen LogP contribution is -2.22. The van der Waals surface area contributed by atoms with Crippen LogP contribution in [0.1, 0.15) is 39.0 Å². The molecule has 0 radical (unpaired) electrons. The van der Waals surface area contributed by atoms with Gasteiger partial charge >= 0.3 is 0 Å². The molecule has 1 amide bonds. The van der Waals surface area contributed by atoms with Crippen LogP contribution in [-0.2, 0) is 6.54 Å². The smallest absolute Gasteiger partial charge is 0.258 e. The third-order valence-corrected chi connectivity index (χ3v) is 5.89. The first kappa shape index (κ1) is 16.1. The van der Waals surface area contributed by atoms with Crippen LogP contribution in [-0.4, -0.2) is 26.9 Å². The quantitative estimate of drug-likeness (QED) is 0.766. The van der Waals surface area contributed by atoms with Crippen LogP contribution in [0.2, 0.25) is 0 Å². The second-order valence-electron chi connectivity index (χ2n) is 6.33. The lowest BCUT2D eigenvalue weighted by Gasteiger charge is -2.23. The molecule has 4 rings (SSSR count). The number of hydrogen-bond acceptors (Lipinski definition) is 4. The zero-order valence-corrected chi connectivity index (χ0v) is 14.7. The Morgan fingerprint density at radius 3 is 2.76 bits per heavy atom. The van der Waals surface area contributed by atoms with Gasteiger partial charge in [0.1, 0.15) is 0 Å². The number of rotatable bonds is 5. The second-order valence-corrected chi connectivity index (χ2v) is 7.45. The van der Waals surface area contributed by atoms with Crippen LogP contribution < -0.4 is 5.73 Å². The van der Waals surface area contributed by atoms with E-state index in [0.717, 1.165) is 25.2 Å². The van der Waals surface area contributed by atoms with E-state index in [4.69, 9.17) is 5.73 Å². The van der Waals surface area contributed by atoms with Gasteiger partial charge < -0.3 is 10.3 Å². The Kier molecular flexibility index (Phi) is 4.38. The number of hydrogen-bond donors (Lipinski definition) is 1. The molecule has 1 aliphatic rings. The van der Waals surface area contributed by atoms with Crippen LogP contribution in [0.15, 0.2) is 55.1 Å². The van der Waals surface area contributed by atoms with E-state index in [9.17, 15) is 4.79 Å². The number of likely N-dealkylation sites (tertiary alicyclic amines) is 1. The van der Waals surface area contributed by atoms with Crippen molar-refractivity contribution < 1.29 is 4.79 Å². The van der Waals surface area contributed by atoms with E-state index in [-0.39, 0.29) is 5.91 Å². The monoisotopic (exact) mass is 352 g/mol. The van der Waals surface area contributed by atoms with Crippen molar-refractivity contribution in [3.63, 3.8) is 0 Å². The van der Waals surface area contributed by atoms with E-state index >= 15 is 0 Å². The number of carbonyl (C=O) groups excluding carboxylic acids is 1. The molecule has 3 aromatic rings. The van der Waals surface area contributed by atoms with Gasteiger partial charge in [0, 0.05) is 35.5 Å². The van der Waals surface area contributed by atoms with Crippen LogP contribution >= 0.6 is 11.3 Å². The van der Waals surface area contributed by atoms with Gasteiger partial charge in [0.15, 0.2) is 0 Å². The highest BCUT2D eigenvalue weighted by atomic mass is 32.1. The van der Waals surface area contributed by atoms with Gasteiger partial charge in [-0.25, -0.2) is 4.98 Å². The fourth-order valence-electron chi connectivity index (χ4n) is 3.42. The van der Waals surface area contributed by atoms with Crippen molar-refractivity contribution in [3.8, 4) is 5.69 Å². The predicted octanol–water partition coefficient (Wildman–Crippen LogP) is 3.37. The number of imidazole rings is 1. The molecule has 0 aliphatic carbocycles. The molecule has 0 bridgehead atoms. The molecule has 1 fully saturated rings. The van der Waals surface area contributed by atoms with Gasteiger partial charge in [-0.2, -0.15) is 0 Å². The zero-order valence-electron chi connectivity index (χ0n) is 13.8. The number of benzene rings is 1. The second kappa shape index (κ2) is 6.82. The summed E-state index contributed by atoms with van der Waals surface area (Å²) in [4.78, 5) is 19.8. The summed E-state index contributed by atoms with van der Waals surface area (Å²) in [6.07, 6.45) is 7.84. The molecule has 5 nitrogen and oxygen atoms in total. The average molecular weight is 352 g/mol. The minimum Gasteiger partial charge on any atom is -0.365 e. The number of carbonyl (C=O) groups is 1. The Bertz CT molecular complexity index is 854. The number of nitrogens with two attached hydrogens (primary N) is 1. The summed E-state index contributed by atoms with van der Waals surface area (Å²) in [5, 5.41) is 0. The van der Waals surface area contributed by atoms with Gasteiger partial charge in [-0.3, -0.25) is 9.69 Å². The van der Waals surface area contributed by atoms with Crippen molar-refractivity contribution in [1.29, 1.82) is 0 Å². The molecule has 128 valence electrons. The molecular weight excluding hydrogens is 332 g/mol. The van der Waals surface area contributed by atoms with Gasteiger partial charge in [0.25, 0.3) is 5.91 Å². The highest BCUT2D eigenvalue weighted by Crippen LogP contribution is 2.36. The van der Waals surface area contributed by atoms with Gasteiger partial charge in [0.2, 0.25) is 0 Å². The highest BCUT2D eigenvalue weighted by molar-refractivity contribution is 7.14. The maximum Gasteiger partial charge on any atom is 0.258 e. The SMILES string of the molecule is NC(=O)c1ccc(C2CCCN2Cc2ccc(-n3ccnc3)cc2)s1. The molecule has 25 heavy (non-hydrogen) atoms. The molecule has 1 unspecified atom stereocenters. The third-order valence-electron chi connectivity index (χ3n) is 4.69. The van der Waals surface area contributed by atoms with Crippen molar-refractivity contribution in [3.05, 3.63) is 70.4 Å². The molecule has 0 spiro atoms. The third kappa shape index (κ3) is 3.36. The summed E-state index contributed by atoms with van der Waals surface area (Å²) in [7, 11) is 0. The minimum atomic E-state index is -0.337. The van der Waals surface area contributed by atoms with Crippen molar-refractivity contribution in [2.24, 2.45) is 5.73 Å². The fraction of sp³-hybridized carbons (Fsp3) is 0.263. The van der Waals surface area contributed by atoms with Gasteiger partial charge in [-0.15, -0.1) is 11.3 Å². The first-order chi connectivity index (χ1) is 12.2. The molecule has 3 heterocycles. The van der Waals surface area contributed by atoms with Crippen LogP contribution in [0.3, 0.4) is 0 Å². The summed E-state index contributed by atoms with van der Waals surface area (Å²) < 4.78 is 2.00. The molecule has 1 saturated heterocycles. The van der Waals surface area contributed by atoms with E-state index in [2.05, 4.69) is 40.2 Å². The molecule has 1 atom stereocenters. The summed E-state index contributed by atoms with van der Waals surface area (Å²) in [6.45, 7) is 2.00. The van der Waals surface area contributed by atoms with Crippen molar-refractivity contribution in [1.82, 2.24) is 14.5 Å². The molecular formula is C19H20N4OS. The van der Waals surface area contributed by atoms with E-state index < -0.39 is 0 Å². The van der Waals surface area contributed by atoms with E-state index in [1.807, 2.05) is 16.8 Å². The van der Waals surface area contributed by atoms with Crippen LogP contribution in [0, 0.1) is 0 Å². The van der Waals surface area contributed by atoms with Crippen LogP contribution in [0.25, 0.3) is 5.69 Å². The van der Waals surface area contributed by atoms with Gasteiger partial charge in [0.05, 0.1) is 11.2 Å². The highest BCUT2D eigenvalue weighted by Gasteiger charge is 2.27. The first-order valence-electron chi connectivity index (χ1n) is 8.41. The molecule has 2 N–H and O–H groups in total. The maximum absolute atomic E-state index is 11.3. The summed E-state index contributed by atoms with van der Waals surface area (Å²) in [6, 6.07) is 12.9. The predicted molar refractivity (Wildman–Crippen MR) is 98.8 cm³/mol. The minimum absolute atomic E-state index is 0.337. The average Bonchev–Trinajstić information content (AvgIpc) is 3.36. The molecule has 1 aromatic carbocycles. The van der Waals surface area contributed by atoms with Crippen molar-refractivity contribution in [2.75, 3.05) is 6.54 Å². The largest absolute Gasteiger partial charge is 0.365 e. The Hall–Kier alpha value is -2.44. The normalized spacial score (nSPS) is 17.8. The topological polar surface area (TPSA) is 64.2 Å². The van der Waals surface area contributed by atoms with Crippen molar-refractivity contribution in [2.45, 2.75) is 25.4 Å². The lowest BCUT2D eigenvalue weighted by atomic mass is 10.1. The Balaban J connectivity index is 1.48. The molecule has 0 saturated carbocycles. The number of nitrogens with zero attached hydrogens (tertiary/aromatic N) is 3. The van der Waals surface area contributed by atoms with Crippen LogP contribution in [0.5, 0.6) is 0 Å². The van der Waals surface area contributed by atoms with E-state index in [1.165, 1.54) is 28.2 Å². The zero-order chi connectivity index (χ0) is 17.2. The number of amides is 1. The maximum atomic E-state index is 11.3. The van der Waals surface area contributed by atoms with Crippen molar-refractivity contribution >= 4 is 17.2 Å². The number of primary amides is 1. The Morgan fingerprint density at radius 2 is 2.08 bits per heavy atom.